The van der Waals surface area contributed by atoms with E-state index in [2.05, 4.69) is 22.1 Å². The number of fused-ring (bicyclic) bond motifs is 2. The molecule has 2 unspecified atom stereocenters. The van der Waals surface area contributed by atoms with Crippen LogP contribution in [-0.4, -0.2) is 34.6 Å². The summed E-state index contributed by atoms with van der Waals surface area (Å²) in [6.07, 6.45) is 8.91. The van der Waals surface area contributed by atoms with Crippen molar-refractivity contribution in [3.05, 3.63) is 16.6 Å². The number of piperidine rings is 2. The highest BCUT2D eigenvalue weighted by Crippen LogP contribution is 2.35. The van der Waals surface area contributed by atoms with Gasteiger partial charge in [0.25, 0.3) is 0 Å². The second kappa shape index (κ2) is 5.68. The zero-order chi connectivity index (χ0) is 12.4. The molecule has 100 valence electrons. The lowest BCUT2D eigenvalue weighted by Crippen LogP contribution is -2.55. The Balaban J connectivity index is 1.68. The third kappa shape index (κ3) is 2.60. The van der Waals surface area contributed by atoms with E-state index in [0.717, 1.165) is 31.2 Å². The van der Waals surface area contributed by atoms with E-state index < -0.39 is 0 Å². The summed E-state index contributed by atoms with van der Waals surface area (Å²) in [7, 11) is 0. The van der Waals surface area contributed by atoms with E-state index >= 15 is 0 Å². The van der Waals surface area contributed by atoms with E-state index in [0.29, 0.717) is 0 Å². The molecule has 1 N–H and O–H groups in total. The molecule has 3 rings (SSSR count). The van der Waals surface area contributed by atoms with Crippen LogP contribution in [0.25, 0.3) is 0 Å². The Hall–Kier alpha value is -0.450. The van der Waals surface area contributed by atoms with E-state index in [1.807, 2.05) is 11.7 Å². The number of rotatable bonds is 4. The second-order valence-electron chi connectivity index (χ2n) is 5.60. The maximum atomic E-state index is 4.21. The summed E-state index contributed by atoms with van der Waals surface area (Å²) >= 11 is 1.80. The third-order valence-corrected chi connectivity index (χ3v) is 5.20. The van der Waals surface area contributed by atoms with Crippen LogP contribution in [0, 0.1) is 0 Å². The van der Waals surface area contributed by atoms with Crippen LogP contribution in [0.1, 0.15) is 43.9 Å². The van der Waals surface area contributed by atoms with Crippen molar-refractivity contribution < 1.29 is 0 Å². The molecule has 2 bridgehead atoms. The summed E-state index contributed by atoms with van der Waals surface area (Å²) in [6, 6.07) is 2.34. The van der Waals surface area contributed by atoms with Gasteiger partial charge in [-0.05, 0) is 32.2 Å². The van der Waals surface area contributed by atoms with Crippen LogP contribution in [0.3, 0.4) is 0 Å². The van der Waals surface area contributed by atoms with Crippen LogP contribution < -0.4 is 5.32 Å². The zero-order valence-corrected chi connectivity index (χ0v) is 12.0. The van der Waals surface area contributed by atoms with Gasteiger partial charge in [-0.25, -0.2) is 0 Å². The maximum Gasteiger partial charge on any atom is 0.0794 e. The summed E-state index contributed by atoms with van der Waals surface area (Å²) in [5.74, 6) is 0. The molecule has 1 aromatic heterocycles. The first-order valence-corrected chi connectivity index (χ1v) is 8.11. The predicted molar refractivity (Wildman–Crippen MR) is 75.8 cm³/mol. The molecule has 0 amide bonds. The summed E-state index contributed by atoms with van der Waals surface area (Å²) in [5, 5.41) is 3.66. The van der Waals surface area contributed by atoms with Gasteiger partial charge in [0.2, 0.25) is 0 Å². The number of nitrogens with one attached hydrogen (secondary N) is 1. The molecule has 3 nitrogen and oxygen atoms in total. The molecular weight excluding hydrogens is 242 g/mol. The Kier molecular flexibility index (Phi) is 3.97. The van der Waals surface area contributed by atoms with Crippen LogP contribution in [0.4, 0.5) is 0 Å². The highest BCUT2D eigenvalue weighted by molar-refractivity contribution is 7.09. The average Bonchev–Trinajstić information content (AvgIpc) is 2.83. The number of hydrogen-bond acceptors (Lipinski definition) is 4. The molecule has 0 spiro atoms. The molecule has 0 aliphatic carbocycles. The largest absolute Gasteiger partial charge is 0.314 e. The highest BCUT2D eigenvalue weighted by atomic mass is 32.1. The molecule has 2 fully saturated rings. The van der Waals surface area contributed by atoms with Gasteiger partial charge in [-0.1, -0.05) is 13.3 Å². The molecule has 4 heteroatoms. The topological polar surface area (TPSA) is 28.2 Å². The Bertz CT molecular complexity index is 351. The fourth-order valence-corrected chi connectivity index (χ4v) is 4.29. The quantitative estimate of drug-likeness (QED) is 0.907. The summed E-state index contributed by atoms with van der Waals surface area (Å²) in [6.45, 7) is 4.46. The smallest absolute Gasteiger partial charge is 0.0794 e. The fraction of sp³-hybridized carbons (Fsp3) is 0.786. The van der Waals surface area contributed by atoms with E-state index in [9.17, 15) is 0 Å². The van der Waals surface area contributed by atoms with Crippen molar-refractivity contribution in [1.82, 2.24) is 15.2 Å². The molecule has 2 saturated heterocycles. The first kappa shape index (κ1) is 12.6. The number of nitrogens with zero attached hydrogens (tertiary/aromatic N) is 2. The minimum Gasteiger partial charge on any atom is -0.314 e. The highest BCUT2D eigenvalue weighted by Gasteiger charge is 2.37. The first-order valence-electron chi connectivity index (χ1n) is 7.23. The fourth-order valence-electron chi connectivity index (χ4n) is 3.69. The summed E-state index contributed by atoms with van der Waals surface area (Å²) in [4.78, 5) is 8.39. The number of hydrogen-bond donors (Lipinski definition) is 1. The van der Waals surface area contributed by atoms with Crippen molar-refractivity contribution in [1.29, 1.82) is 0 Å². The molecule has 18 heavy (non-hydrogen) atoms. The third-order valence-electron chi connectivity index (χ3n) is 4.44. The average molecular weight is 265 g/mol. The van der Waals surface area contributed by atoms with Gasteiger partial charge < -0.3 is 5.32 Å². The Morgan fingerprint density at radius 2 is 2.17 bits per heavy atom. The molecule has 0 aromatic carbocycles. The van der Waals surface area contributed by atoms with Gasteiger partial charge in [-0.15, -0.1) is 11.3 Å². The molecule has 1 aromatic rings. The zero-order valence-electron chi connectivity index (χ0n) is 11.1. The molecule has 2 aliphatic rings. The van der Waals surface area contributed by atoms with Crippen LogP contribution in [0.2, 0.25) is 0 Å². The Morgan fingerprint density at radius 3 is 2.78 bits per heavy atom. The second-order valence-corrected chi connectivity index (χ2v) is 6.58. The van der Waals surface area contributed by atoms with Crippen molar-refractivity contribution in [2.45, 2.75) is 63.7 Å². The molecule has 0 saturated carbocycles. The Morgan fingerprint density at radius 1 is 1.39 bits per heavy atom. The van der Waals surface area contributed by atoms with E-state index in [1.165, 1.54) is 37.0 Å². The van der Waals surface area contributed by atoms with Gasteiger partial charge in [-0.2, -0.15) is 0 Å². The van der Waals surface area contributed by atoms with Gasteiger partial charge >= 0.3 is 0 Å². The monoisotopic (exact) mass is 265 g/mol. The lowest BCUT2D eigenvalue weighted by atomic mass is 9.81. The number of thiazole rings is 1. The minimum atomic E-state index is 0.753. The maximum absolute atomic E-state index is 4.21. The molecule has 2 aliphatic heterocycles. The SMILES string of the molecule is CCNC1CC2CCCC(C1)N2Cc1cncs1. The predicted octanol–water partition coefficient (Wildman–Crippen LogP) is 2.64. The van der Waals surface area contributed by atoms with E-state index in [4.69, 9.17) is 0 Å². The molecule has 3 heterocycles. The number of aromatic nitrogens is 1. The van der Waals surface area contributed by atoms with Crippen molar-refractivity contribution in [2.24, 2.45) is 0 Å². The summed E-state index contributed by atoms with van der Waals surface area (Å²) in [5.41, 5.74) is 1.95. The first-order chi connectivity index (χ1) is 8.86. The van der Waals surface area contributed by atoms with Crippen LogP contribution >= 0.6 is 11.3 Å². The standard InChI is InChI=1S/C14H23N3S/c1-2-16-11-6-12-4-3-5-13(7-11)17(12)9-14-8-15-10-18-14/h8,10-13,16H,2-7,9H2,1H3. The minimum absolute atomic E-state index is 0.753. The van der Waals surface area contributed by atoms with Crippen molar-refractivity contribution in [2.75, 3.05) is 6.54 Å². The summed E-state index contributed by atoms with van der Waals surface area (Å²) < 4.78 is 0. The molecule has 0 radical (unpaired) electrons. The van der Waals surface area contributed by atoms with Crippen LogP contribution in [-0.2, 0) is 6.54 Å². The normalized spacial score (nSPS) is 32.6. The van der Waals surface area contributed by atoms with E-state index in [-0.39, 0.29) is 0 Å². The molecule has 2 atom stereocenters. The van der Waals surface area contributed by atoms with E-state index in [1.54, 1.807) is 11.3 Å². The van der Waals surface area contributed by atoms with Gasteiger partial charge in [0, 0.05) is 35.7 Å². The van der Waals surface area contributed by atoms with Crippen molar-refractivity contribution in [3.63, 3.8) is 0 Å². The van der Waals surface area contributed by atoms with Crippen LogP contribution in [0.5, 0.6) is 0 Å². The lowest BCUT2D eigenvalue weighted by molar-refractivity contribution is 0.0188. The van der Waals surface area contributed by atoms with Gasteiger partial charge in [-0.3, -0.25) is 9.88 Å². The van der Waals surface area contributed by atoms with Crippen molar-refractivity contribution >= 4 is 11.3 Å². The van der Waals surface area contributed by atoms with Gasteiger partial charge in [0.05, 0.1) is 5.51 Å². The lowest BCUT2D eigenvalue weighted by Gasteiger charge is -2.49. The van der Waals surface area contributed by atoms with Crippen LogP contribution in [0.15, 0.2) is 11.7 Å². The van der Waals surface area contributed by atoms with Gasteiger partial charge in [0.15, 0.2) is 0 Å². The Labute approximate surface area is 114 Å². The van der Waals surface area contributed by atoms with Crippen molar-refractivity contribution in [3.8, 4) is 0 Å². The molecular formula is C14H23N3S. The van der Waals surface area contributed by atoms with Gasteiger partial charge in [0.1, 0.15) is 0 Å².